The zero-order valence-corrected chi connectivity index (χ0v) is 23.3. The minimum atomic E-state index is -6.13. The lowest BCUT2D eigenvalue weighted by atomic mass is 9.85. The van der Waals surface area contributed by atoms with Crippen molar-refractivity contribution >= 4 is 38.7 Å². The summed E-state index contributed by atoms with van der Waals surface area (Å²) in [5, 5.41) is -4.46. The fraction of sp³-hybridized carbons (Fsp3) is 0.536. The van der Waals surface area contributed by atoms with Crippen LogP contribution in [0.3, 0.4) is 0 Å². The van der Waals surface area contributed by atoms with E-state index in [1.54, 1.807) is 26.0 Å². The molecule has 4 rings (SSSR count). The molecule has 2 aromatic carbocycles. The van der Waals surface area contributed by atoms with Crippen molar-refractivity contribution < 1.29 is 40.6 Å². The maximum Gasteiger partial charge on any atom is 0.467 e. The Morgan fingerprint density at radius 2 is 1.69 bits per heavy atom. The molecule has 0 saturated heterocycles. The van der Waals surface area contributed by atoms with Gasteiger partial charge in [0, 0.05) is 5.39 Å². The van der Waals surface area contributed by atoms with E-state index in [0.717, 1.165) is 37.7 Å². The van der Waals surface area contributed by atoms with Gasteiger partial charge in [0.25, 0.3) is 11.8 Å². The van der Waals surface area contributed by atoms with Gasteiger partial charge < -0.3 is 4.74 Å². The standard InChI is InChI=1S/C28H33F2NO7S/c1-16(2)20-14-19-10-11-21(17(3)4)24-23(19)22(15-20)25(32)31(26(24)33)38-39(35,36)28(29,30)27(34)37-13-12-18-8-6-5-7-9-18/h10-11,14-18H,5-9,12-13H2,1-4H3. The highest BCUT2D eigenvalue weighted by Gasteiger charge is 2.58. The van der Waals surface area contributed by atoms with Crippen LogP contribution in [0.25, 0.3) is 10.8 Å². The number of hydroxylamine groups is 2. The molecule has 0 bridgehead atoms. The van der Waals surface area contributed by atoms with Crippen molar-refractivity contribution in [3.05, 3.63) is 46.5 Å². The van der Waals surface area contributed by atoms with E-state index in [0.29, 0.717) is 22.8 Å². The van der Waals surface area contributed by atoms with Gasteiger partial charge in [-0.1, -0.05) is 78.0 Å². The van der Waals surface area contributed by atoms with Gasteiger partial charge in [0.15, 0.2) is 0 Å². The second-order valence-corrected chi connectivity index (χ2v) is 12.5. The molecule has 0 spiro atoms. The van der Waals surface area contributed by atoms with Gasteiger partial charge in [0.05, 0.1) is 17.7 Å². The first-order valence-corrected chi connectivity index (χ1v) is 14.7. The maximum absolute atomic E-state index is 14.8. The van der Waals surface area contributed by atoms with Crippen LogP contribution >= 0.6 is 0 Å². The number of amides is 2. The summed E-state index contributed by atoms with van der Waals surface area (Å²) in [7, 11) is -6.13. The van der Waals surface area contributed by atoms with Crippen molar-refractivity contribution in [3.63, 3.8) is 0 Å². The first-order valence-electron chi connectivity index (χ1n) is 13.2. The molecule has 212 valence electrons. The molecule has 0 aromatic heterocycles. The quantitative estimate of drug-likeness (QED) is 0.269. The second-order valence-electron chi connectivity index (χ2n) is 10.9. The summed E-state index contributed by atoms with van der Waals surface area (Å²) < 4.78 is 64.0. The molecule has 1 saturated carbocycles. The molecule has 2 aliphatic rings. The minimum absolute atomic E-state index is 0.0130. The number of halogens is 2. The number of alkyl halides is 2. The second kappa shape index (κ2) is 10.9. The highest BCUT2D eigenvalue weighted by Crippen LogP contribution is 2.38. The third-order valence-corrected chi connectivity index (χ3v) is 8.62. The molecule has 39 heavy (non-hydrogen) atoms. The number of hydrogen-bond donors (Lipinski definition) is 0. The fourth-order valence-corrected chi connectivity index (χ4v) is 5.90. The lowest BCUT2D eigenvalue weighted by Gasteiger charge is -2.29. The Hall–Kier alpha value is -2.92. The third-order valence-electron chi connectivity index (χ3n) is 7.48. The Bertz CT molecular complexity index is 1410. The van der Waals surface area contributed by atoms with Crippen molar-refractivity contribution in [1.82, 2.24) is 5.06 Å². The van der Waals surface area contributed by atoms with Crippen LogP contribution in [-0.2, 0) is 23.9 Å². The van der Waals surface area contributed by atoms with Crippen LogP contribution < -0.4 is 0 Å². The van der Waals surface area contributed by atoms with Gasteiger partial charge in [-0.3, -0.25) is 9.59 Å². The predicted octanol–water partition coefficient (Wildman–Crippen LogP) is 6.05. The monoisotopic (exact) mass is 565 g/mol. The summed E-state index contributed by atoms with van der Waals surface area (Å²) in [6, 6.07) is 6.75. The van der Waals surface area contributed by atoms with Gasteiger partial charge in [-0.25, -0.2) is 4.79 Å². The Morgan fingerprint density at radius 1 is 1.03 bits per heavy atom. The van der Waals surface area contributed by atoms with Gasteiger partial charge in [-0.2, -0.15) is 17.2 Å². The van der Waals surface area contributed by atoms with Gasteiger partial charge in [-0.15, -0.1) is 9.35 Å². The van der Waals surface area contributed by atoms with Crippen LogP contribution in [0.1, 0.15) is 110 Å². The predicted molar refractivity (Wildman–Crippen MR) is 140 cm³/mol. The molecule has 0 radical (unpaired) electrons. The summed E-state index contributed by atoms with van der Waals surface area (Å²) in [5.74, 6) is -4.78. The molecule has 8 nitrogen and oxygen atoms in total. The summed E-state index contributed by atoms with van der Waals surface area (Å²) >= 11 is 0. The molecule has 0 N–H and O–H groups in total. The molecular formula is C28H33F2NO7S. The molecule has 2 amide bonds. The average molecular weight is 566 g/mol. The van der Waals surface area contributed by atoms with Gasteiger partial charge in [0.1, 0.15) is 0 Å². The number of rotatable bonds is 9. The van der Waals surface area contributed by atoms with Crippen molar-refractivity contribution in [2.75, 3.05) is 6.61 Å². The SMILES string of the molecule is CC(C)c1cc2c3c(c(C(C)C)ccc3c1)C(=O)N(OS(=O)(=O)C(F)(F)C(=O)OCCC1CCCCC1)C2=O. The van der Waals surface area contributed by atoms with E-state index in [9.17, 15) is 31.6 Å². The number of carbonyl (C=O) groups excluding carboxylic acids is 3. The Morgan fingerprint density at radius 3 is 2.31 bits per heavy atom. The Labute approximate surface area is 226 Å². The first-order chi connectivity index (χ1) is 18.3. The van der Waals surface area contributed by atoms with Crippen LogP contribution in [0, 0.1) is 5.92 Å². The summed E-state index contributed by atoms with van der Waals surface area (Å²) in [5.41, 5.74) is 1.14. The normalized spacial score (nSPS) is 17.0. The molecule has 1 fully saturated rings. The lowest BCUT2D eigenvalue weighted by molar-refractivity contribution is -0.163. The van der Waals surface area contributed by atoms with E-state index in [2.05, 4.69) is 9.02 Å². The van der Waals surface area contributed by atoms with E-state index in [-0.39, 0.29) is 40.6 Å². The highest BCUT2D eigenvalue weighted by molar-refractivity contribution is 7.88. The van der Waals surface area contributed by atoms with E-state index < -0.39 is 33.2 Å². The summed E-state index contributed by atoms with van der Waals surface area (Å²) in [6.07, 6.45) is 5.21. The number of esters is 1. The van der Waals surface area contributed by atoms with Crippen LogP contribution in [0.2, 0.25) is 0 Å². The van der Waals surface area contributed by atoms with E-state index in [1.165, 1.54) is 6.07 Å². The number of nitrogens with zero attached hydrogens (tertiary/aromatic N) is 1. The molecule has 0 atom stereocenters. The van der Waals surface area contributed by atoms with E-state index >= 15 is 0 Å². The van der Waals surface area contributed by atoms with Crippen molar-refractivity contribution in [2.24, 2.45) is 5.92 Å². The Kier molecular flexibility index (Phi) is 8.14. The zero-order chi connectivity index (χ0) is 28.7. The Balaban J connectivity index is 1.63. The lowest BCUT2D eigenvalue weighted by Crippen LogP contribution is -2.48. The zero-order valence-electron chi connectivity index (χ0n) is 22.5. The van der Waals surface area contributed by atoms with Gasteiger partial charge in [-0.05, 0) is 46.8 Å². The van der Waals surface area contributed by atoms with Crippen molar-refractivity contribution in [2.45, 2.75) is 83.3 Å². The van der Waals surface area contributed by atoms with Crippen LogP contribution in [0.5, 0.6) is 0 Å². The van der Waals surface area contributed by atoms with Crippen molar-refractivity contribution in [1.29, 1.82) is 0 Å². The molecule has 1 heterocycles. The minimum Gasteiger partial charge on any atom is -0.460 e. The number of ether oxygens (including phenoxy) is 1. The number of carbonyl (C=O) groups is 3. The first kappa shape index (κ1) is 29.1. The van der Waals surface area contributed by atoms with Crippen LogP contribution in [0.15, 0.2) is 24.3 Å². The molecule has 1 aliphatic carbocycles. The van der Waals surface area contributed by atoms with Gasteiger partial charge in [0.2, 0.25) is 0 Å². The number of benzene rings is 2. The summed E-state index contributed by atoms with van der Waals surface area (Å²) in [6.45, 7) is 6.98. The average Bonchev–Trinajstić information content (AvgIpc) is 2.89. The molecule has 1 aliphatic heterocycles. The topological polar surface area (TPSA) is 107 Å². The van der Waals surface area contributed by atoms with Crippen LogP contribution in [0.4, 0.5) is 8.78 Å². The molecular weight excluding hydrogens is 532 g/mol. The largest absolute Gasteiger partial charge is 0.467 e. The maximum atomic E-state index is 14.8. The van der Waals surface area contributed by atoms with Gasteiger partial charge >= 0.3 is 21.3 Å². The molecule has 11 heteroatoms. The molecule has 2 aromatic rings. The smallest absolute Gasteiger partial charge is 0.460 e. The van der Waals surface area contributed by atoms with Crippen LogP contribution in [-0.4, -0.2) is 43.1 Å². The van der Waals surface area contributed by atoms with E-state index in [4.69, 9.17) is 0 Å². The summed E-state index contributed by atoms with van der Waals surface area (Å²) in [4.78, 5) is 38.9. The third kappa shape index (κ3) is 5.43. The molecule has 0 unspecified atom stereocenters. The number of hydrogen-bond acceptors (Lipinski definition) is 7. The number of imide groups is 1. The fourth-order valence-electron chi connectivity index (χ4n) is 5.21. The van der Waals surface area contributed by atoms with Crippen molar-refractivity contribution in [3.8, 4) is 0 Å². The highest BCUT2D eigenvalue weighted by atomic mass is 32.2. The van der Waals surface area contributed by atoms with E-state index in [1.807, 2.05) is 19.9 Å².